The van der Waals surface area contributed by atoms with Crippen molar-refractivity contribution >= 4 is 14.0 Å². The van der Waals surface area contributed by atoms with Gasteiger partial charge in [0.25, 0.3) is 0 Å². The van der Waals surface area contributed by atoms with Crippen LogP contribution >= 0.6 is 0 Å². The summed E-state index contributed by atoms with van der Waals surface area (Å²) in [7, 11) is 0.0752. The number of ether oxygens (including phenoxy) is 1. The van der Waals surface area contributed by atoms with Crippen molar-refractivity contribution in [3.63, 3.8) is 0 Å². The maximum Gasteiger partial charge on any atom is 0.325 e. The van der Waals surface area contributed by atoms with Crippen LogP contribution in [0.25, 0.3) is 0 Å². The van der Waals surface area contributed by atoms with Gasteiger partial charge < -0.3 is 10.5 Å². The zero-order valence-corrected chi connectivity index (χ0v) is 9.60. The third kappa shape index (κ3) is 3.87. The minimum Gasteiger partial charge on any atom is -0.468 e. The molecule has 3 nitrogen and oxygen atoms in total. The van der Waals surface area contributed by atoms with Gasteiger partial charge in [-0.05, 0) is 13.0 Å². The lowest BCUT2D eigenvalue weighted by Crippen LogP contribution is -2.50. The molecule has 0 radical (unpaired) electrons. The van der Waals surface area contributed by atoms with Crippen LogP contribution in [0.3, 0.4) is 0 Å². The highest BCUT2D eigenvalue weighted by molar-refractivity contribution is 6.76. The van der Waals surface area contributed by atoms with Gasteiger partial charge in [-0.3, -0.25) is 4.79 Å². The number of hydrogen-bond donors (Lipinski definition) is 1. The Balaban J connectivity index is 4.32. The van der Waals surface area contributed by atoms with Crippen LogP contribution in [-0.4, -0.2) is 26.7 Å². The van der Waals surface area contributed by atoms with E-state index in [9.17, 15) is 4.79 Å². The molecule has 0 aromatic heterocycles. The van der Waals surface area contributed by atoms with E-state index in [-0.39, 0.29) is 5.97 Å². The molecule has 0 heterocycles. The summed E-state index contributed by atoms with van der Waals surface area (Å²) < 4.78 is 4.62. The molecular formula is C8H19NO2Si. The fourth-order valence-corrected chi connectivity index (χ4v) is 3.75. The maximum absolute atomic E-state index is 11.2. The van der Waals surface area contributed by atoms with Gasteiger partial charge in [-0.1, -0.05) is 19.6 Å². The first-order valence-electron chi connectivity index (χ1n) is 4.06. The highest BCUT2D eigenvalue weighted by atomic mass is 28.3. The molecule has 0 fully saturated rings. The summed E-state index contributed by atoms with van der Waals surface area (Å²) in [5.74, 6) is -0.315. The Hall–Kier alpha value is -0.353. The number of carbonyl (C=O) groups excluding carboxylic acids is 1. The zero-order valence-electron chi connectivity index (χ0n) is 8.60. The van der Waals surface area contributed by atoms with Gasteiger partial charge in [-0.2, -0.15) is 0 Å². The van der Waals surface area contributed by atoms with Gasteiger partial charge in [-0.25, -0.2) is 0 Å². The van der Waals surface area contributed by atoms with E-state index in [1.54, 1.807) is 6.92 Å². The molecule has 12 heavy (non-hydrogen) atoms. The van der Waals surface area contributed by atoms with Gasteiger partial charge in [0.15, 0.2) is 0 Å². The smallest absolute Gasteiger partial charge is 0.325 e. The molecule has 0 aromatic rings. The van der Waals surface area contributed by atoms with E-state index in [1.165, 1.54) is 7.11 Å². The first-order chi connectivity index (χ1) is 5.19. The summed E-state index contributed by atoms with van der Waals surface area (Å²) in [4.78, 5) is 11.2. The normalized spacial score (nSPS) is 16.8. The van der Waals surface area contributed by atoms with Gasteiger partial charge in [0.2, 0.25) is 0 Å². The number of carbonyl (C=O) groups is 1. The van der Waals surface area contributed by atoms with Gasteiger partial charge in [0.1, 0.15) is 5.54 Å². The van der Waals surface area contributed by atoms with Crippen molar-refractivity contribution in [2.75, 3.05) is 7.11 Å². The predicted octanol–water partition coefficient (Wildman–Crippen LogP) is 1.21. The first kappa shape index (κ1) is 11.6. The first-order valence-corrected chi connectivity index (χ1v) is 7.77. The van der Waals surface area contributed by atoms with Crippen molar-refractivity contribution in [1.82, 2.24) is 0 Å². The van der Waals surface area contributed by atoms with Crippen molar-refractivity contribution in [1.29, 1.82) is 0 Å². The summed E-state index contributed by atoms with van der Waals surface area (Å²) in [6.45, 7) is 8.28. The second kappa shape index (κ2) is 3.58. The van der Waals surface area contributed by atoms with Crippen molar-refractivity contribution < 1.29 is 9.53 Å². The molecule has 0 aromatic carbocycles. The molecule has 1 atom stereocenters. The Labute approximate surface area is 75.3 Å². The number of hydrogen-bond acceptors (Lipinski definition) is 3. The number of rotatable bonds is 3. The molecule has 2 N–H and O–H groups in total. The third-order valence-corrected chi connectivity index (χ3v) is 3.34. The van der Waals surface area contributed by atoms with Crippen molar-refractivity contribution in [2.24, 2.45) is 5.73 Å². The molecular weight excluding hydrogens is 170 g/mol. The Morgan fingerprint density at radius 3 is 2.17 bits per heavy atom. The van der Waals surface area contributed by atoms with Gasteiger partial charge in [-0.15, -0.1) is 0 Å². The number of methoxy groups -OCH3 is 1. The summed E-state index contributed by atoms with van der Waals surface area (Å²) in [6.07, 6.45) is 0. The lowest BCUT2D eigenvalue weighted by molar-refractivity contribution is -0.145. The van der Waals surface area contributed by atoms with E-state index in [1.807, 2.05) is 0 Å². The summed E-state index contributed by atoms with van der Waals surface area (Å²) in [5, 5.41) is 0. The molecule has 0 unspecified atom stereocenters. The van der Waals surface area contributed by atoms with Crippen molar-refractivity contribution in [3.05, 3.63) is 0 Å². The average molecular weight is 189 g/mol. The Kier molecular flexibility index (Phi) is 3.47. The van der Waals surface area contributed by atoms with E-state index in [0.717, 1.165) is 6.04 Å². The Morgan fingerprint density at radius 1 is 1.50 bits per heavy atom. The van der Waals surface area contributed by atoms with E-state index in [0.29, 0.717) is 0 Å². The molecule has 0 aliphatic rings. The fraction of sp³-hybridized carbons (Fsp3) is 0.875. The number of nitrogens with two attached hydrogens (primary N) is 1. The third-order valence-electron chi connectivity index (χ3n) is 1.55. The van der Waals surface area contributed by atoms with Crippen LogP contribution in [0, 0.1) is 0 Å². The lowest BCUT2D eigenvalue weighted by atomic mass is 10.1. The largest absolute Gasteiger partial charge is 0.468 e. The average Bonchev–Trinajstić information content (AvgIpc) is 1.80. The molecule has 0 amide bonds. The second-order valence-corrected chi connectivity index (χ2v) is 10.1. The molecule has 0 aliphatic heterocycles. The topological polar surface area (TPSA) is 52.3 Å². The van der Waals surface area contributed by atoms with E-state index in [2.05, 4.69) is 24.4 Å². The van der Waals surface area contributed by atoms with Crippen LogP contribution in [0.1, 0.15) is 6.92 Å². The molecule has 0 bridgehead atoms. The minimum absolute atomic E-state index is 0.315. The van der Waals surface area contributed by atoms with Crippen molar-refractivity contribution in [2.45, 2.75) is 38.1 Å². The lowest BCUT2D eigenvalue weighted by Gasteiger charge is -2.28. The van der Waals surface area contributed by atoms with E-state index >= 15 is 0 Å². The van der Waals surface area contributed by atoms with E-state index < -0.39 is 13.6 Å². The molecule has 0 spiro atoms. The Morgan fingerprint density at radius 2 is 1.92 bits per heavy atom. The summed E-state index contributed by atoms with van der Waals surface area (Å²) in [6, 6.07) is 0.757. The van der Waals surface area contributed by atoms with Crippen LogP contribution in [0.15, 0.2) is 0 Å². The quantitative estimate of drug-likeness (QED) is 0.536. The fourth-order valence-electron chi connectivity index (χ4n) is 1.41. The standard InChI is InChI=1S/C8H19NO2Si/c1-8(9,7(10)11-2)6-12(3,4)5/h6,9H2,1-5H3/t8-/m0/s1. The SMILES string of the molecule is COC(=O)[C@@](C)(N)C[Si](C)(C)C. The highest BCUT2D eigenvalue weighted by Gasteiger charge is 2.34. The van der Waals surface area contributed by atoms with Gasteiger partial charge >= 0.3 is 5.97 Å². The van der Waals surface area contributed by atoms with Crippen molar-refractivity contribution in [3.8, 4) is 0 Å². The molecule has 0 aliphatic carbocycles. The molecule has 0 rings (SSSR count). The maximum atomic E-state index is 11.2. The van der Waals surface area contributed by atoms with Crippen LogP contribution in [0.5, 0.6) is 0 Å². The zero-order chi connectivity index (χ0) is 9.99. The minimum atomic E-state index is -1.30. The number of esters is 1. The molecule has 72 valence electrons. The predicted molar refractivity (Wildman–Crippen MR) is 52.8 cm³/mol. The molecule has 0 saturated heterocycles. The molecule has 4 heteroatoms. The Bertz CT molecular complexity index is 172. The van der Waals surface area contributed by atoms with Crippen LogP contribution in [0.4, 0.5) is 0 Å². The van der Waals surface area contributed by atoms with Gasteiger partial charge in [0.05, 0.1) is 7.11 Å². The summed E-state index contributed by atoms with van der Waals surface area (Å²) >= 11 is 0. The van der Waals surface area contributed by atoms with Crippen LogP contribution in [-0.2, 0) is 9.53 Å². The van der Waals surface area contributed by atoms with Crippen LogP contribution in [0.2, 0.25) is 25.7 Å². The van der Waals surface area contributed by atoms with Gasteiger partial charge in [0, 0.05) is 8.07 Å². The van der Waals surface area contributed by atoms with Crippen LogP contribution < -0.4 is 5.73 Å². The molecule has 0 saturated carbocycles. The highest BCUT2D eigenvalue weighted by Crippen LogP contribution is 2.19. The summed E-state index contributed by atoms with van der Waals surface area (Å²) in [5.41, 5.74) is 5.01. The second-order valence-electron chi connectivity index (χ2n) is 4.65. The monoisotopic (exact) mass is 189 g/mol. The van der Waals surface area contributed by atoms with E-state index in [4.69, 9.17) is 5.73 Å².